The lowest BCUT2D eigenvalue weighted by Crippen LogP contribution is -2.37. The first-order valence-electron chi connectivity index (χ1n) is 6.33. The number of H-pyrrole nitrogens is 1. The maximum atomic E-state index is 12.0. The van der Waals surface area contributed by atoms with Crippen molar-refractivity contribution in [3.8, 4) is 0 Å². The van der Waals surface area contributed by atoms with E-state index in [0.717, 1.165) is 17.5 Å². The van der Waals surface area contributed by atoms with E-state index >= 15 is 0 Å². The van der Waals surface area contributed by atoms with Crippen LogP contribution in [0, 0.1) is 0 Å². The number of hydrogen-bond acceptors (Lipinski definition) is 3. The van der Waals surface area contributed by atoms with Crippen molar-refractivity contribution in [1.29, 1.82) is 0 Å². The first-order valence-corrected chi connectivity index (χ1v) is 6.33. The van der Waals surface area contributed by atoms with Crippen molar-refractivity contribution in [3.05, 3.63) is 47.7 Å². The molecule has 0 radical (unpaired) electrons. The first-order chi connectivity index (χ1) is 9.20. The van der Waals surface area contributed by atoms with Crippen LogP contribution in [0.3, 0.4) is 0 Å². The van der Waals surface area contributed by atoms with Gasteiger partial charge in [0.15, 0.2) is 0 Å². The minimum absolute atomic E-state index is 0.206. The number of carbonyl (C=O) groups is 1. The predicted octanol–water partition coefficient (Wildman–Crippen LogP) is 1.48. The Labute approximate surface area is 112 Å². The van der Waals surface area contributed by atoms with Gasteiger partial charge < -0.3 is 11.1 Å². The van der Waals surface area contributed by atoms with Crippen LogP contribution in [0.15, 0.2) is 36.5 Å². The van der Waals surface area contributed by atoms with E-state index in [2.05, 4.69) is 15.5 Å². The summed E-state index contributed by atoms with van der Waals surface area (Å²) in [5.41, 5.74) is 7.93. The summed E-state index contributed by atoms with van der Waals surface area (Å²) in [6.45, 7) is 2.00. The molecule has 2 aromatic rings. The van der Waals surface area contributed by atoms with Gasteiger partial charge in [0.1, 0.15) is 5.82 Å². The van der Waals surface area contributed by atoms with E-state index in [0.29, 0.717) is 12.2 Å². The highest BCUT2D eigenvalue weighted by atomic mass is 16.2. The van der Waals surface area contributed by atoms with E-state index in [4.69, 9.17) is 5.73 Å². The molecule has 100 valence electrons. The van der Waals surface area contributed by atoms with Gasteiger partial charge in [0.2, 0.25) is 5.91 Å². The van der Waals surface area contributed by atoms with Gasteiger partial charge in [-0.1, -0.05) is 37.3 Å². The molecule has 0 aliphatic heterocycles. The van der Waals surface area contributed by atoms with Crippen LogP contribution in [-0.2, 0) is 17.6 Å². The number of rotatable bonds is 5. The van der Waals surface area contributed by atoms with Gasteiger partial charge in [-0.3, -0.25) is 9.89 Å². The summed E-state index contributed by atoms with van der Waals surface area (Å²) >= 11 is 0. The van der Waals surface area contributed by atoms with Crippen molar-refractivity contribution in [2.75, 3.05) is 5.32 Å². The molecule has 0 bridgehead atoms. The van der Waals surface area contributed by atoms with E-state index in [1.807, 2.05) is 37.3 Å². The van der Waals surface area contributed by atoms with Gasteiger partial charge >= 0.3 is 0 Å². The molecule has 1 aromatic heterocycles. The summed E-state index contributed by atoms with van der Waals surface area (Å²) in [5.74, 6) is 0.429. The van der Waals surface area contributed by atoms with Crippen molar-refractivity contribution in [2.24, 2.45) is 5.73 Å². The van der Waals surface area contributed by atoms with Crippen LogP contribution in [0.4, 0.5) is 5.82 Å². The molecular weight excluding hydrogens is 240 g/mol. The number of carbonyl (C=O) groups excluding carboxylic acids is 1. The highest BCUT2D eigenvalue weighted by Crippen LogP contribution is 2.12. The number of aromatic amines is 1. The fourth-order valence-corrected chi connectivity index (χ4v) is 1.86. The average molecular weight is 258 g/mol. The molecule has 5 heteroatoms. The van der Waals surface area contributed by atoms with Crippen LogP contribution >= 0.6 is 0 Å². The second kappa shape index (κ2) is 6.15. The Bertz CT molecular complexity index is 535. The van der Waals surface area contributed by atoms with E-state index in [1.165, 1.54) is 0 Å². The third-order valence-electron chi connectivity index (χ3n) is 2.98. The van der Waals surface area contributed by atoms with Gasteiger partial charge in [0, 0.05) is 5.56 Å². The summed E-state index contributed by atoms with van der Waals surface area (Å²) in [6.07, 6.45) is 3.03. The van der Waals surface area contributed by atoms with E-state index in [1.54, 1.807) is 6.20 Å². The number of amides is 1. The van der Waals surface area contributed by atoms with Crippen molar-refractivity contribution >= 4 is 11.7 Å². The molecule has 0 aliphatic carbocycles. The van der Waals surface area contributed by atoms with Crippen LogP contribution in [0.5, 0.6) is 0 Å². The summed E-state index contributed by atoms with van der Waals surface area (Å²) in [6, 6.07) is 9.15. The molecule has 1 atom stereocenters. The zero-order valence-electron chi connectivity index (χ0n) is 10.9. The quantitative estimate of drug-likeness (QED) is 0.759. The van der Waals surface area contributed by atoms with Gasteiger partial charge in [0.25, 0.3) is 0 Å². The third-order valence-corrected chi connectivity index (χ3v) is 2.98. The molecule has 2 rings (SSSR count). The zero-order chi connectivity index (χ0) is 13.7. The maximum Gasteiger partial charge on any atom is 0.242 e. The van der Waals surface area contributed by atoms with Crippen LogP contribution in [0.1, 0.15) is 18.1 Å². The summed E-state index contributed by atoms with van der Waals surface area (Å²) in [5, 5.41) is 9.46. The Hall–Kier alpha value is -2.14. The lowest BCUT2D eigenvalue weighted by Gasteiger charge is -2.12. The Balaban J connectivity index is 1.96. The molecule has 4 N–H and O–H groups in total. The van der Waals surface area contributed by atoms with Crippen LogP contribution < -0.4 is 11.1 Å². The van der Waals surface area contributed by atoms with E-state index in [9.17, 15) is 4.79 Å². The number of hydrogen-bond donors (Lipinski definition) is 3. The fourth-order valence-electron chi connectivity index (χ4n) is 1.86. The van der Waals surface area contributed by atoms with Crippen LogP contribution in [0.2, 0.25) is 0 Å². The van der Waals surface area contributed by atoms with E-state index < -0.39 is 6.04 Å². The number of aromatic nitrogens is 2. The monoisotopic (exact) mass is 258 g/mol. The lowest BCUT2D eigenvalue weighted by molar-refractivity contribution is -0.117. The number of nitrogens with zero attached hydrogens (tertiary/aromatic N) is 1. The molecule has 0 aliphatic rings. The number of nitrogens with two attached hydrogens (primary N) is 1. The Kier molecular flexibility index (Phi) is 4.30. The van der Waals surface area contributed by atoms with E-state index in [-0.39, 0.29) is 5.91 Å². The highest BCUT2D eigenvalue weighted by molar-refractivity contribution is 5.94. The molecule has 0 saturated heterocycles. The fraction of sp³-hybridized carbons (Fsp3) is 0.286. The summed E-state index contributed by atoms with van der Waals surface area (Å²) < 4.78 is 0. The summed E-state index contributed by atoms with van der Waals surface area (Å²) in [4.78, 5) is 12.0. The van der Waals surface area contributed by atoms with Gasteiger partial charge in [-0.15, -0.1) is 0 Å². The average Bonchev–Trinajstić information content (AvgIpc) is 2.87. The Morgan fingerprint density at radius 3 is 2.84 bits per heavy atom. The lowest BCUT2D eigenvalue weighted by atomic mass is 10.1. The van der Waals surface area contributed by atoms with Crippen molar-refractivity contribution < 1.29 is 4.79 Å². The van der Waals surface area contributed by atoms with Crippen molar-refractivity contribution in [3.63, 3.8) is 0 Å². The molecule has 5 nitrogen and oxygen atoms in total. The number of nitrogens with one attached hydrogen (secondary N) is 2. The summed E-state index contributed by atoms with van der Waals surface area (Å²) in [7, 11) is 0. The third kappa shape index (κ3) is 3.42. The molecule has 1 amide bonds. The minimum atomic E-state index is -0.574. The molecule has 0 unspecified atom stereocenters. The van der Waals surface area contributed by atoms with Crippen molar-refractivity contribution in [2.45, 2.75) is 25.8 Å². The zero-order valence-corrected chi connectivity index (χ0v) is 10.9. The normalized spacial score (nSPS) is 12.1. The second-order valence-corrected chi connectivity index (χ2v) is 4.41. The molecule has 19 heavy (non-hydrogen) atoms. The molecule has 0 fully saturated rings. The van der Waals surface area contributed by atoms with Crippen molar-refractivity contribution in [1.82, 2.24) is 10.2 Å². The molecule has 0 spiro atoms. The largest absolute Gasteiger partial charge is 0.320 e. The maximum absolute atomic E-state index is 12.0. The van der Waals surface area contributed by atoms with Gasteiger partial charge in [-0.05, 0) is 18.4 Å². The topological polar surface area (TPSA) is 83.8 Å². The van der Waals surface area contributed by atoms with Gasteiger partial charge in [-0.25, -0.2) is 0 Å². The van der Waals surface area contributed by atoms with Crippen LogP contribution in [0.25, 0.3) is 0 Å². The molecule has 1 aromatic carbocycles. The minimum Gasteiger partial charge on any atom is -0.320 e. The Morgan fingerprint density at radius 2 is 2.16 bits per heavy atom. The van der Waals surface area contributed by atoms with Crippen LogP contribution in [-0.4, -0.2) is 22.1 Å². The number of aryl methyl sites for hydroxylation is 1. The predicted molar refractivity (Wildman–Crippen MR) is 74.7 cm³/mol. The smallest absolute Gasteiger partial charge is 0.242 e. The van der Waals surface area contributed by atoms with Gasteiger partial charge in [-0.2, -0.15) is 5.10 Å². The first kappa shape index (κ1) is 13.3. The standard InChI is InChI=1S/C14H18N4O/c1-2-11-9-16-18-13(11)17-14(19)12(15)8-10-6-4-3-5-7-10/h3-7,9,12H,2,8,15H2,1H3,(H2,16,17,18,19)/t12-/m1/s1. The number of benzene rings is 1. The second-order valence-electron chi connectivity index (χ2n) is 4.41. The molecule has 0 saturated carbocycles. The molecule has 1 heterocycles. The van der Waals surface area contributed by atoms with Gasteiger partial charge in [0.05, 0.1) is 12.2 Å². The Morgan fingerprint density at radius 1 is 1.42 bits per heavy atom. The SMILES string of the molecule is CCc1cn[nH]c1NC(=O)[C@H](N)Cc1ccccc1. The molecular formula is C14H18N4O. The number of anilines is 1. The highest BCUT2D eigenvalue weighted by Gasteiger charge is 2.16.